The molecule has 0 rings (SSSR count). The van der Waals surface area contributed by atoms with Crippen molar-refractivity contribution >= 4 is 12.6 Å². The van der Waals surface area contributed by atoms with Crippen molar-refractivity contribution in [2.24, 2.45) is 11.8 Å². The molecular weight excluding hydrogens is 152 g/mol. The highest BCUT2D eigenvalue weighted by molar-refractivity contribution is 7.80. The molecule has 0 fully saturated rings. The predicted molar refractivity (Wildman–Crippen MR) is 56.2 cm³/mol. The summed E-state index contributed by atoms with van der Waals surface area (Å²) in [5.41, 5.74) is 1.28. The van der Waals surface area contributed by atoms with Crippen molar-refractivity contribution in [3.8, 4) is 0 Å². The smallest absolute Gasteiger partial charge is 0.00663 e. The summed E-state index contributed by atoms with van der Waals surface area (Å²) in [7, 11) is 0. The van der Waals surface area contributed by atoms with E-state index >= 15 is 0 Å². The molecule has 0 unspecified atom stereocenters. The third-order valence-corrected chi connectivity index (χ3v) is 2.22. The van der Waals surface area contributed by atoms with Crippen molar-refractivity contribution in [2.45, 2.75) is 33.6 Å². The number of allylic oxidation sites excluding steroid dienone is 1. The van der Waals surface area contributed by atoms with Gasteiger partial charge in [0, 0.05) is 0 Å². The van der Waals surface area contributed by atoms with Gasteiger partial charge in [-0.2, -0.15) is 12.6 Å². The Labute approximate surface area is 76.5 Å². The van der Waals surface area contributed by atoms with E-state index in [9.17, 15) is 0 Å². The fourth-order valence-electron chi connectivity index (χ4n) is 1.38. The van der Waals surface area contributed by atoms with Gasteiger partial charge in [0.2, 0.25) is 0 Å². The van der Waals surface area contributed by atoms with Gasteiger partial charge in [0.15, 0.2) is 0 Å². The quantitative estimate of drug-likeness (QED) is 0.476. The van der Waals surface area contributed by atoms with Crippen molar-refractivity contribution in [2.75, 3.05) is 5.75 Å². The summed E-state index contributed by atoms with van der Waals surface area (Å²) in [5, 5.41) is 0. The molecule has 0 amide bonds. The Morgan fingerprint density at radius 2 is 2.00 bits per heavy atom. The van der Waals surface area contributed by atoms with Crippen LogP contribution in [0, 0.1) is 11.8 Å². The minimum absolute atomic E-state index is 0.732. The lowest BCUT2D eigenvalue weighted by Gasteiger charge is -2.16. The summed E-state index contributed by atoms with van der Waals surface area (Å²) in [4.78, 5) is 0. The highest BCUT2D eigenvalue weighted by Gasteiger charge is 2.08. The molecule has 0 radical (unpaired) electrons. The van der Waals surface area contributed by atoms with Crippen LogP contribution in [-0.2, 0) is 0 Å². The van der Waals surface area contributed by atoms with Crippen LogP contribution in [0.2, 0.25) is 0 Å². The van der Waals surface area contributed by atoms with Crippen LogP contribution in [0.25, 0.3) is 0 Å². The summed E-state index contributed by atoms with van der Waals surface area (Å²) in [6.45, 7) is 10.5. The van der Waals surface area contributed by atoms with Crippen molar-refractivity contribution < 1.29 is 0 Å². The van der Waals surface area contributed by atoms with Crippen LogP contribution in [0.1, 0.15) is 33.6 Å². The Hall–Kier alpha value is 0.0900. The molecule has 66 valence electrons. The van der Waals surface area contributed by atoms with E-state index in [0.29, 0.717) is 0 Å². The SMILES string of the molecule is C=C(C)C[C@@H](CS)CC(C)C. The number of hydrogen-bond acceptors (Lipinski definition) is 1. The van der Waals surface area contributed by atoms with Crippen LogP contribution >= 0.6 is 12.6 Å². The average Bonchev–Trinajstić information content (AvgIpc) is 1.84. The Kier molecular flexibility index (Phi) is 5.75. The van der Waals surface area contributed by atoms with Gasteiger partial charge in [-0.1, -0.05) is 19.4 Å². The third-order valence-electron chi connectivity index (χ3n) is 1.70. The highest BCUT2D eigenvalue weighted by atomic mass is 32.1. The van der Waals surface area contributed by atoms with Gasteiger partial charge < -0.3 is 0 Å². The van der Waals surface area contributed by atoms with E-state index < -0.39 is 0 Å². The summed E-state index contributed by atoms with van der Waals surface area (Å²) >= 11 is 4.32. The largest absolute Gasteiger partial charge is 0.179 e. The zero-order chi connectivity index (χ0) is 8.85. The number of thiol groups is 1. The average molecular weight is 172 g/mol. The monoisotopic (exact) mass is 172 g/mol. The fraction of sp³-hybridized carbons (Fsp3) is 0.800. The van der Waals surface area contributed by atoms with Gasteiger partial charge in [0.1, 0.15) is 0 Å². The number of rotatable bonds is 5. The zero-order valence-electron chi connectivity index (χ0n) is 7.93. The van der Waals surface area contributed by atoms with E-state index in [1.807, 2.05) is 0 Å². The topological polar surface area (TPSA) is 0 Å². The molecular formula is C10H20S. The fourth-order valence-corrected chi connectivity index (χ4v) is 1.66. The lowest BCUT2D eigenvalue weighted by Crippen LogP contribution is -2.06. The second kappa shape index (κ2) is 5.70. The first-order valence-corrected chi connectivity index (χ1v) is 4.94. The van der Waals surface area contributed by atoms with Crippen LogP contribution < -0.4 is 0 Å². The summed E-state index contributed by atoms with van der Waals surface area (Å²) in [5.74, 6) is 2.51. The maximum atomic E-state index is 4.32. The molecule has 0 spiro atoms. The normalized spacial score (nSPS) is 13.5. The highest BCUT2D eigenvalue weighted by Crippen LogP contribution is 2.19. The van der Waals surface area contributed by atoms with Gasteiger partial charge in [0.25, 0.3) is 0 Å². The molecule has 0 nitrogen and oxygen atoms in total. The maximum absolute atomic E-state index is 4.32. The van der Waals surface area contributed by atoms with Crippen LogP contribution in [0.5, 0.6) is 0 Å². The first-order valence-electron chi connectivity index (χ1n) is 4.31. The number of hydrogen-bond donors (Lipinski definition) is 1. The van der Waals surface area contributed by atoms with Crippen LogP contribution in [0.15, 0.2) is 12.2 Å². The Morgan fingerprint density at radius 3 is 2.27 bits per heavy atom. The molecule has 0 aliphatic carbocycles. The molecule has 0 N–H and O–H groups in total. The molecule has 11 heavy (non-hydrogen) atoms. The molecule has 0 saturated carbocycles. The van der Waals surface area contributed by atoms with E-state index in [4.69, 9.17) is 0 Å². The van der Waals surface area contributed by atoms with Crippen molar-refractivity contribution in [3.63, 3.8) is 0 Å². The molecule has 1 atom stereocenters. The van der Waals surface area contributed by atoms with Gasteiger partial charge in [-0.15, -0.1) is 6.58 Å². The Balaban J connectivity index is 3.66. The maximum Gasteiger partial charge on any atom is -0.00663 e. The molecule has 0 saturated heterocycles. The van der Waals surface area contributed by atoms with Crippen molar-refractivity contribution in [1.29, 1.82) is 0 Å². The van der Waals surface area contributed by atoms with E-state index in [2.05, 4.69) is 40.0 Å². The minimum atomic E-state index is 0.732. The molecule has 1 heteroatoms. The first kappa shape index (κ1) is 11.1. The van der Waals surface area contributed by atoms with Crippen molar-refractivity contribution in [3.05, 3.63) is 12.2 Å². The summed E-state index contributed by atoms with van der Waals surface area (Å²) in [6.07, 6.45) is 2.41. The van der Waals surface area contributed by atoms with Crippen LogP contribution in [0.3, 0.4) is 0 Å². The van der Waals surface area contributed by atoms with Gasteiger partial charge in [-0.3, -0.25) is 0 Å². The van der Waals surface area contributed by atoms with E-state index in [1.165, 1.54) is 12.0 Å². The predicted octanol–water partition coefficient (Wildman–Crippen LogP) is 3.54. The molecule has 0 aromatic rings. The van der Waals surface area contributed by atoms with E-state index in [1.54, 1.807) is 0 Å². The van der Waals surface area contributed by atoms with Crippen molar-refractivity contribution in [1.82, 2.24) is 0 Å². The summed E-state index contributed by atoms with van der Waals surface area (Å²) < 4.78 is 0. The van der Waals surface area contributed by atoms with Gasteiger partial charge >= 0.3 is 0 Å². The molecule has 0 aromatic carbocycles. The summed E-state index contributed by atoms with van der Waals surface area (Å²) in [6, 6.07) is 0. The standard InChI is InChI=1S/C10H20S/c1-8(2)5-10(7-11)6-9(3)4/h9-11H,1,5-7H2,2-4H3/t10-/m1/s1. The van der Waals surface area contributed by atoms with Crippen LogP contribution in [-0.4, -0.2) is 5.75 Å². The van der Waals surface area contributed by atoms with Crippen LogP contribution in [0.4, 0.5) is 0 Å². The van der Waals surface area contributed by atoms with E-state index in [0.717, 1.165) is 24.0 Å². The molecule has 0 aliphatic rings. The molecule has 0 heterocycles. The molecule has 0 bridgehead atoms. The molecule has 0 aliphatic heterocycles. The molecule has 0 aromatic heterocycles. The minimum Gasteiger partial charge on any atom is -0.179 e. The van der Waals surface area contributed by atoms with Gasteiger partial charge in [-0.25, -0.2) is 0 Å². The van der Waals surface area contributed by atoms with E-state index in [-0.39, 0.29) is 0 Å². The van der Waals surface area contributed by atoms with Gasteiger partial charge in [0.05, 0.1) is 0 Å². The lowest BCUT2D eigenvalue weighted by atomic mass is 9.93. The second-order valence-electron chi connectivity index (χ2n) is 3.84. The first-order chi connectivity index (χ1) is 5.06. The zero-order valence-corrected chi connectivity index (χ0v) is 8.82. The Bertz CT molecular complexity index is 116. The second-order valence-corrected chi connectivity index (χ2v) is 4.20. The Morgan fingerprint density at radius 1 is 1.45 bits per heavy atom. The third kappa shape index (κ3) is 6.49. The lowest BCUT2D eigenvalue weighted by molar-refractivity contribution is 0.443. The van der Waals surface area contributed by atoms with Gasteiger partial charge in [-0.05, 0) is 37.4 Å².